The fourth-order valence-electron chi connectivity index (χ4n) is 1.36. The van der Waals surface area contributed by atoms with E-state index in [-0.39, 0.29) is 5.56 Å². The second-order valence-electron chi connectivity index (χ2n) is 3.20. The van der Waals surface area contributed by atoms with Crippen LogP contribution in [-0.4, -0.2) is 0 Å². The highest BCUT2D eigenvalue weighted by Gasteiger charge is 2.07. The molecule has 0 fully saturated rings. The first-order valence-corrected chi connectivity index (χ1v) is 4.61. The van der Waals surface area contributed by atoms with E-state index in [0.717, 1.165) is 11.6 Å². The van der Waals surface area contributed by atoms with Crippen LogP contribution in [0.15, 0.2) is 48.5 Å². The molecule has 0 saturated heterocycles. The third-order valence-electron chi connectivity index (χ3n) is 2.10. The van der Waals surface area contributed by atoms with Crippen LogP contribution in [0.2, 0.25) is 0 Å². The van der Waals surface area contributed by atoms with Crippen molar-refractivity contribution in [3.8, 4) is 0 Å². The van der Waals surface area contributed by atoms with Gasteiger partial charge >= 0.3 is 0 Å². The number of hydrogen-bond acceptors (Lipinski definition) is 0. The molecule has 1 radical (unpaired) electrons. The van der Waals surface area contributed by atoms with Crippen molar-refractivity contribution < 1.29 is 8.78 Å². The molecule has 2 aromatic carbocycles. The van der Waals surface area contributed by atoms with Crippen LogP contribution < -0.4 is 0 Å². The second kappa shape index (κ2) is 4.22. The SMILES string of the molecule is Fc1cccc([CH]c2ccccc2)c1F. The second-order valence-corrected chi connectivity index (χ2v) is 3.20. The van der Waals surface area contributed by atoms with Crippen LogP contribution in [0.5, 0.6) is 0 Å². The summed E-state index contributed by atoms with van der Waals surface area (Å²) in [4.78, 5) is 0. The summed E-state index contributed by atoms with van der Waals surface area (Å²) in [6.07, 6.45) is 1.61. The summed E-state index contributed by atoms with van der Waals surface area (Å²) in [5.41, 5.74) is 1.11. The van der Waals surface area contributed by atoms with Gasteiger partial charge in [0.05, 0.1) is 0 Å². The minimum absolute atomic E-state index is 0.265. The average molecular weight is 203 g/mol. The summed E-state index contributed by atoms with van der Waals surface area (Å²) in [5.74, 6) is -1.62. The Hall–Kier alpha value is -1.70. The summed E-state index contributed by atoms with van der Waals surface area (Å²) < 4.78 is 26.2. The lowest BCUT2D eigenvalue weighted by molar-refractivity contribution is 0.504. The van der Waals surface area contributed by atoms with E-state index in [9.17, 15) is 8.78 Å². The van der Waals surface area contributed by atoms with Crippen LogP contribution in [0.4, 0.5) is 8.78 Å². The first-order chi connectivity index (χ1) is 7.27. The Bertz CT molecular complexity index is 449. The van der Waals surface area contributed by atoms with Crippen molar-refractivity contribution in [2.45, 2.75) is 0 Å². The highest BCUT2D eigenvalue weighted by molar-refractivity contribution is 5.37. The van der Waals surface area contributed by atoms with Gasteiger partial charge in [0.2, 0.25) is 0 Å². The lowest BCUT2D eigenvalue weighted by Gasteiger charge is -2.03. The van der Waals surface area contributed by atoms with Gasteiger partial charge in [0, 0.05) is 6.42 Å². The molecule has 2 heteroatoms. The molecule has 0 aliphatic carbocycles. The molecule has 0 spiro atoms. The molecule has 0 bridgehead atoms. The smallest absolute Gasteiger partial charge is 0.162 e. The Kier molecular flexibility index (Phi) is 2.77. The summed E-state index contributed by atoms with van der Waals surface area (Å²) in [6, 6.07) is 13.4. The molecule has 0 saturated carbocycles. The molecule has 0 aromatic heterocycles. The van der Waals surface area contributed by atoms with Gasteiger partial charge in [-0.2, -0.15) is 0 Å². The molecule has 15 heavy (non-hydrogen) atoms. The molecule has 0 aliphatic heterocycles. The van der Waals surface area contributed by atoms with Crippen molar-refractivity contribution in [3.63, 3.8) is 0 Å². The fraction of sp³-hybridized carbons (Fsp3) is 0. The predicted molar refractivity (Wildman–Crippen MR) is 55.3 cm³/mol. The molecule has 0 atom stereocenters. The third kappa shape index (κ3) is 2.21. The van der Waals surface area contributed by atoms with Crippen molar-refractivity contribution in [1.82, 2.24) is 0 Å². The van der Waals surface area contributed by atoms with E-state index in [4.69, 9.17) is 0 Å². The summed E-state index contributed by atoms with van der Waals surface area (Å²) in [7, 11) is 0. The van der Waals surface area contributed by atoms with Gasteiger partial charge in [-0.15, -0.1) is 0 Å². The van der Waals surface area contributed by atoms with E-state index < -0.39 is 11.6 Å². The minimum Gasteiger partial charge on any atom is -0.204 e. The molecule has 0 N–H and O–H groups in total. The number of benzene rings is 2. The van der Waals surface area contributed by atoms with Gasteiger partial charge in [-0.25, -0.2) is 8.78 Å². The highest BCUT2D eigenvalue weighted by atomic mass is 19.2. The Morgan fingerprint density at radius 1 is 0.800 bits per heavy atom. The van der Waals surface area contributed by atoms with Crippen molar-refractivity contribution in [3.05, 3.63) is 77.7 Å². The normalized spacial score (nSPS) is 10.3. The van der Waals surface area contributed by atoms with Crippen molar-refractivity contribution in [2.24, 2.45) is 0 Å². The number of halogens is 2. The minimum atomic E-state index is -0.820. The first kappa shape index (κ1) is 9.84. The summed E-state index contributed by atoms with van der Waals surface area (Å²) >= 11 is 0. The molecule has 2 rings (SSSR count). The van der Waals surface area contributed by atoms with Gasteiger partial charge in [0.25, 0.3) is 0 Å². The van der Waals surface area contributed by atoms with E-state index in [1.165, 1.54) is 6.07 Å². The van der Waals surface area contributed by atoms with Crippen LogP contribution in [0.1, 0.15) is 11.1 Å². The van der Waals surface area contributed by atoms with Crippen LogP contribution >= 0.6 is 0 Å². The van der Waals surface area contributed by atoms with Gasteiger partial charge in [-0.3, -0.25) is 0 Å². The fourth-order valence-corrected chi connectivity index (χ4v) is 1.36. The van der Waals surface area contributed by atoms with Crippen molar-refractivity contribution in [1.29, 1.82) is 0 Å². The molecule has 0 nitrogen and oxygen atoms in total. The van der Waals surface area contributed by atoms with Crippen LogP contribution in [0.25, 0.3) is 0 Å². The molecule has 2 aromatic rings. The Balaban J connectivity index is 2.29. The maximum atomic E-state index is 13.3. The van der Waals surface area contributed by atoms with E-state index in [1.54, 1.807) is 12.5 Å². The highest BCUT2D eigenvalue weighted by Crippen LogP contribution is 2.17. The van der Waals surface area contributed by atoms with Crippen molar-refractivity contribution >= 4 is 0 Å². The standard InChI is InChI=1S/C13H9F2/c14-12-8-4-7-11(13(12)15)9-10-5-2-1-3-6-10/h1-9H. The van der Waals surface area contributed by atoms with Gasteiger partial charge in [0.1, 0.15) is 0 Å². The molecular formula is C13H9F2. The third-order valence-corrected chi connectivity index (χ3v) is 2.10. The molecule has 0 heterocycles. The van der Waals surface area contributed by atoms with E-state index >= 15 is 0 Å². The first-order valence-electron chi connectivity index (χ1n) is 4.61. The maximum absolute atomic E-state index is 13.3. The molecule has 0 aliphatic rings. The van der Waals surface area contributed by atoms with E-state index in [2.05, 4.69) is 0 Å². The van der Waals surface area contributed by atoms with Crippen LogP contribution in [0.3, 0.4) is 0 Å². The average Bonchev–Trinajstić information content (AvgIpc) is 2.26. The van der Waals surface area contributed by atoms with E-state index in [1.807, 2.05) is 30.3 Å². The zero-order valence-electron chi connectivity index (χ0n) is 7.95. The maximum Gasteiger partial charge on any atom is 0.162 e. The molecule has 0 amide bonds. The topological polar surface area (TPSA) is 0 Å². The zero-order valence-corrected chi connectivity index (χ0v) is 7.95. The van der Waals surface area contributed by atoms with Crippen LogP contribution in [0, 0.1) is 18.1 Å². The monoisotopic (exact) mass is 203 g/mol. The zero-order chi connectivity index (χ0) is 10.7. The van der Waals surface area contributed by atoms with Gasteiger partial charge < -0.3 is 0 Å². The van der Waals surface area contributed by atoms with E-state index in [0.29, 0.717) is 0 Å². The van der Waals surface area contributed by atoms with Gasteiger partial charge in [0.15, 0.2) is 11.6 Å². The molecule has 0 unspecified atom stereocenters. The molecule has 75 valence electrons. The van der Waals surface area contributed by atoms with Crippen molar-refractivity contribution in [2.75, 3.05) is 0 Å². The molecular weight excluding hydrogens is 194 g/mol. The predicted octanol–water partition coefficient (Wildman–Crippen LogP) is 3.57. The van der Waals surface area contributed by atoms with Gasteiger partial charge in [-0.1, -0.05) is 42.5 Å². The Morgan fingerprint density at radius 2 is 1.53 bits per heavy atom. The lowest BCUT2D eigenvalue weighted by atomic mass is 10.0. The summed E-state index contributed by atoms with van der Waals surface area (Å²) in [6.45, 7) is 0. The number of rotatable bonds is 2. The Labute approximate surface area is 87.2 Å². The quantitative estimate of drug-likeness (QED) is 0.700. The number of hydrogen-bond donors (Lipinski definition) is 0. The van der Waals surface area contributed by atoms with Gasteiger partial charge in [-0.05, 0) is 17.2 Å². The largest absolute Gasteiger partial charge is 0.204 e. The lowest BCUT2D eigenvalue weighted by Crippen LogP contribution is -1.93. The Morgan fingerprint density at radius 3 is 2.27 bits per heavy atom. The van der Waals surface area contributed by atoms with Crippen LogP contribution in [-0.2, 0) is 0 Å². The summed E-state index contributed by atoms with van der Waals surface area (Å²) in [5, 5.41) is 0.